The summed E-state index contributed by atoms with van der Waals surface area (Å²) in [4.78, 5) is 0. The molecular weight excluding hydrogens is 272 g/mol. The van der Waals surface area contributed by atoms with Gasteiger partial charge in [-0.3, -0.25) is 0 Å². The maximum Gasteiger partial charge on any atom is 0.187 e. The molecule has 0 aromatic heterocycles. The smallest absolute Gasteiger partial charge is 0.187 e. The number of nitriles is 3. The number of allylic oxidation sites excluding steroid dienone is 4. The number of fused-ring (bicyclic) bond motifs is 1. The Hall–Kier alpha value is -2.25. The van der Waals surface area contributed by atoms with Crippen molar-refractivity contribution in [3.8, 4) is 18.2 Å². The van der Waals surface area contributed by atoms with E-state index in [9.17, 15) is 15.8 Å². The Morgan fingerprint density at radius 1 is 1.27 bits per heavy atom. The van der Waals surface area contributed by atoms with Crippen LogP contribution in [0.1, 0.15) is 46.0 Å². The number of hydrogen-bond acceptors (Lipinski definition) is 4. The highest BCUT2D eigenvalue weighted by Gasteiger charge is 2.53. The molecule has 0 aromatic rings. The minimum absolute atomic E-state index is 0.0971. The lowest BCUT2D eigenvalue weighted by Crippen LogP contribution is -2.44. The highest BCUT2D eigenvalue weighted by molar-refractivity contribution is 5.56. The molecule has 3 atom stereocenters. The lowest BCUT2D eigenvalue weighted by molar-refractivity contribution is 0.193. The Morgan fingerprint density at radius 2 is 1.95 bits per heavy atom. The SMILES string of the molecule is CCC[C@@H]1[C@H]2C[C@H](CC)CC=C2C(C#N)=C(N)C1(C#N)C#N. The minimum atomic E-state index is -1.36. The van der Waals surface area contributed by atoms with Crippen LogP contribution in [-0.2, 0) is 0 Å². The van der Waals surface area contributed by atoms with Crippen LogP contribution in [0.3, 0.4) is 0 Å². The summed E-state index contributed by atoms with van der Waals surface area (Å²) in [5, 5.41) is 29.0. The van der Waals surface area contributed by atoms with Gasteiger partial charge in [-0.25, -0.2) is 0 Å². The number of rotatable bonds is 3. The summed E-state index contributed by atoms with van der Waals surface area (Å²) in [7, 11) is 0. The fraction of sp³-hybridized carbons (Fsp3) is 0.611. The first-order valence-corrected chi connectivity index (χ1v) is 8.02. The van der Waals surface area contributed by atoms with Gasteiger partial charge in [0.25, 0.3) is 0 Å². The van der Waals surface area contributed by atoms with Crippen molar-refractivity contribution in [2.24, 2.45) is 28.9 Å². The highest BCUT2D eigenvalue weighted by atomic mass is 14.7. The van der Waals surface area contributed by atoms with Crippen LogP contribution in [0.4, 0.5) is 0 Å². The summed E-state index contributed by atoms with van der Waals surface area (Å²) in [6.07, 6.45) is 6.76. The third-order valence-electron chi connectivity index (χ3n) is 5.32. The largest absolute Gasteiger partial charge is 0.399 e. The molecule has 0 bridgehead atoms. The van der Waals surface area contributed by atoms with Gasteiger partial charge in [-0.1, -0.05) is 32.8 Å². The Morgan fingerprint density at radius 3 is 2.45 bits per heavy atom. The molecule has 22 heavy (non-hydrogen) atoms. The van der Waals surface area contributed by atoms with Gasteiger partial charge in [0.1, 0.15) is 6.07 Å². The maximum atomic E-state index is 9.72. The van der Waals surface area contributed by atoms with Crippen molar-refractivity contribution in [3.63, 3.8) is 0 Å². The van der Waals surface area contributed by atoms with Crippen LogP contribution < -0.4 is 5.73 Å². The van der Waals surface area contributed by atoms with E-state index in [-0.39, 0.29) is 17.5 Å². The molecule has 0 aromatic carbocycles. The van der Waals surface area contributed by atoms with Gasteiger partial charge in [-0.05, 0) is 36.7 Å². The molecule has 0 heterocycles. The third-order valence-corrected chi connectivity index (χ3v) is 5.32. The van der Waals surface area contributed by atoms with Crippen LogP contribution >= 0.6 is 0 Å². The van der Waals surface area contributed by atoms with E-state index in [0.29, 0.717) is 11.5 Å². The van der Waals surface area contributed by atoms with Gasteiger partial charge in [0.05, 0.1) is 23.4 Å². The first-order valence-electron chi connectivity index (χ1n) is 8.02. The summed E-state index contributed by atoms with van der Waals surface area (Å²) in [5.74, 6) is 0.535. The molecule has 2 aliphatic rings. The molecule has 0 fully saturated rings. The molecule has 2 N–H and O–H groups in total. The van der Waals surface area contributed by atoms with E-state index < -0.39 is 5.41 Å². The normalized spacial score (nSPS) is 29.6. The van der Waals surface area contributed by atoms with Crippen molar-refractivity contribution in [1.82, 2.24) is 0 Å². The van der Waals surface area contributed by atoms with Crippen LogP contribution in [-0.4, -0.2) is 0 Å². The summed E-state index contributed by atoms with van der Waals surface area (Å²) < 4.78 is 0. The number of hydrogen-bond donors (Lipinski definition) is 1. The van der Waals surface area contributed by atoms with Gasteiger partial charge in [-0.2, -0.15) is 15.8 Å². The van der Waals surface area contributed by atoms with Crippen molar-refractivity contribution in [2.45, 2.75) is 46.0 Å². The molecule has 0 unspecified atom stereocenters. The zero-order valence-corrected chi connectivity index (χ0v) is 13.3. The fourth-order valence-electron chi connectivity index (χ4n) is 4.05. The predicted octanol–water partition coefficient (Wildman–Crippen LogP) is 3.55. The molecule has 4 nitrogen and oxygen atoms in total. The topological polar surface area (TPSA) is 97.4 Å². The van der Waals surface area contributed by atoms with E-state index in [0.717, 1.165) is 37.7 Å². The van der Waals surface area contributed by atoms with Gasteiger partial charge in [-0.15, -0.1) is 0 Å². The van der Waals surface area contributed by atoms with Crippen LogP contribution in [0.15, 0.2) is 22.9 Å². The molecule has 0 spiro atoms. The molecule has 4 heteroatoms. The van der Waals surface area contributed by atoms with Crippen LogP contribution in [0.25, 0.3) is 0 Å². The zero-order chi connectivity index (χ0) is 16.3. The summed E-state index contributed by atoms with van der Waals surface area (Å²) in [5.41, 5.74) is 6.30. The quantitative estimate of drug-likeness (QED) is 0.860. The second-order valence-corrected chi connectivity index (χ2v) is 6.34. The molecule has 0 aliphatic heterocycles. The van der Waals surface area contributed by atoms with E-state index in [1.54, 1.807) is 0 Å². The lowest BCUT2D eigenvalue weighted by Gasteiger charge is -2.44. The first kappa shape index (κ1) is 16.1. The minimum Gasteiger partial charge on any atom is -0.399 e. The Kier molecular flexibility index (Phi) is 4.58. The monoisotopic (exact) mass is 294 g/mol. The molecule has 0 saturated carbocycles. The van der Waals surface area contributed by atoms with E-state index in [4.69, 9.17) is 5.73 Å². The van der Waals surface area contributed by atoms with Gasteiger partial charge in [0, 0.05) is 5.92 Å². The van der Waals surface area contributed by atoms with Gasteiger partial charge < -0.3 is 5.73 Å². The van der Waals surface area contributed by atoms with E-state index in [1.807, 2.05) is 0 Å². The third kappa shape index (κ3) is 2.18. The summed E-state index contributed by atoms with van der Waals surface area (Å²) >= 11 is 0. The van der Waals surface area contributed by atoms with Crippen LogP contribution in [0, 0.1) is 57.2 Å². The van der Waals surface area contributed by atoms with Crippen molar-refractivity contribution in [1.29, 1.82) is 15.8 Å². The van der Waals surface area contributed by atoms with Gasteiger partial charge in [0.15, 0.2) is 5.41 Å². The van der Waals surface area contributed by atoms with Gasteiger partial charge in [0.2, 0.25) is 0 Å². The van der Waals surface area contributed by atoms with Crippen molar-refractivity contribution >= 4 is 0 Å². The highest BCUT2D eigenvalue weighted by Crippen LogP contribution is 2.53. The summed E-state index contributed by atoms with van der Waals surface area (Å²) in [6.45, 7) is 4.22. The zero-order valence-electron chi connectivity index (χ0n) is 13.3. The average Bonchev–Trinajstić information content (AvgIpc) is 2.56. The molecule has 0 saturated heterocycles. The maximum absolute atomic E-state index is 9.72. The predicted molar refractivity (Wildman–Crippen MR) is 83.5 cm³/mol. The second kappa shape index (κ2) is 6.25. The molecule has 0 radical (unpaired) electrons. The Labute approximate surface area is 132 Å². The van der Waals surface area contributed by atoms with Crippen molar-refractivity contribution in [3.05, 3.63) is 22.9 Å². The first-order chi connectivity index (χ1) is 10.6. The Balaban J connectivity index is 2.67. The number of nitrogens with two attached hydrogens (primary N) is 1. The van der Waals surface area contributed by atoms with E-state index in [2.05, 4.69) is 38.1 Å². The number of nitrogens with zero attached hydrogens (tertiary/aromatic N) is 3. The molecule has 0 amide bonds. The van der Waals surface area contributed by atoms with Crippen molar-refractivity contribution in [2.75, 3.05) is 0 Å². The average molecular weight is 294 g/mol. The fourth-order valence-corrected chi connectivity index (χ4v) is 4.05. The molecule has 2 aliphatic carbocycles. The lowest BCUT2D eigenvalue weighted by atomic mass is 9.56. The van der Waals surface area contributed by atoms with E-state index in [1.165, 1.54) is 0 Å². The van der Waals surface area contributed by atoms with E-state index >= 15 is 0 Å². The van der Waals surface area contributed by atoms with Crippen LogP contribution in [0.5, 0.6) is 0 Å². The second-order valence-electron chi connectivity index (χ2n) is 6.34. The van der Waals surface area contributed by atoms with Crippen LogP contribution in [0.2, 0.25) is 0 Å². The van der Waals surface area contributed by atoms with Crippen molar-refractivity contribution < 1.29 is 0 Å². The Bertz CT molecular complexity index is 621. The molecule has 114 valence electrons. The standard InChI is InChI=1S/C18H22N4/c1-3-5-16-14-8-12(4-2)6-7-13(14)15(9-19)17(22)18(16,10-20)11-21/h7,12,14,16H,3-6,8,22H2,1-2H3/t12-,14+,16-/m1/s1. The van der Waals surface area contributed by atoms with Gasteiger partial charge >= 0.3 is 0 Å². The molecular formula is C18H22N4. The molecule has 2 rings (SSSR count). The summed E-state index contributed by atoms with van der Waals surface area (Å²) in [6, 6.07) is 6.48.